The van der Waals surface area contributed by atoms with Gasteiger partial charge < -0.3 is 25.2 Å². The minimum absolute atomic E-state index is 0.174. The van der Waals surface area contributed by atoms with Crippen LogP contribution in [0.2, 0.25) is 0 Å². The van der Waals surface area contributed by atoms with Crippen molar-refractivity contribution >= 4 is 11.9 Å². The van der Waals surface area contributed by atoms with Crippen LogP contribution in [-0.4, -0.2) is 54.4 Å². The number of nitrogens with one attached hydrogen (secondary N) is 2. The van der Waals surface area contributed by atoms with Crippen LogP contribution in [0, 0.1) is 0 Å². The molecular weight excluding hydrogens is 540 g/mol. The number of carboxylic acid groups (broad SMARTS) is 1. The van der Waals surface area contributed by atoms with Crippen LogP contribution in [0.1, 0.15) is 102 Å². The van der Waals surface area contributed by atoms with E-state index >= 15 is 0 Å². The Morgan fingerprint density at radius 2 is 1.35 bits per heavy atom. The summed E-state index contributed by atoms with van der Waals surface area (Å²) in [6.07, 6.45) is 15.1. The summed E-state index contributed by atoms with van der Waals surface area (Å²) in [7, 11) is 0. The molecule has 0 aromatic heterocycles. The van der Waals surface area contributed by atoms with Gasteiger partial charge in [-0.2, -0.15) is 0 Å². The normalized spacial score (nSPS) is 17.3. The van der Waals surface area contributed by atoms with Crippen molar-refractivity contribution < 1.29 is 24.2 Å². The smallest absolute Gasteiger partial charge is 0.333 e. The number of aliphatic carboxylic acids is 1. The van der Waals surface area contributed by atoms with Crippen molar-refractivity contribution in [1.82, 2.24) is 10.6 Å². The zero-order valence-electron chi connectivity index (χ0n) is 26.6. The summed E-state index contributed by atoms with van der Waals surface area (Å²) >= 11 is 0. The fourth-order valence-electron chi connectivity index (χ4n) is 5.88. The number of hydrogen-bond acceptors (Lipinski definition) is 5. The van der Waals surface area contributed by atoms with Gasteiger partial charge in [0.2, 0.25) is 0 Å². The van der Waals surface area contributed by atoms with Crippen molar-refractivity contribution in [2.24, 2.45) is 0 Å². The quantitative estimate of drug-likeness (QED) is 0.227. The van der Waals surface area contributed by atoms with Gasteiger partial charge in [0.05, 0.1) is 0 Å². The fraction of sp³-hybridized carbons (Fsp3) is 0.611. The lowest BCUT2D eigenvalue weighted by atomic mass is 9.91. The van der Waals surface area contributed by atoms with Gasteiger partial charge in [-0.05, 0) is 81.2 Å². The second kappa shape index (κ2) is 19.4. The molecular formula is C36H54N2O5. The van der Waals surface area contributed by atoms with Crippen molar-refractivity contribution in [1.29, 1.82) is 0 Å². The van der Waals surface area contributed by atoms with E-state index in [9.17, 15) is 14.7 Å². The zero-order valence-corrected chi connectivity index (χ0v) is 26.6. The lowest BCUT2D eigenvalue weighted by Gasteiger charge is -2.30. The minimum Gasteiger partial charge on any atom is -0.481 e. The van der Waals surface area contributed by atoms with Crippen LogP contribution < -0.4 is 15.4 Å². The van der Waals surface area contributed by atoms with Gasteiger partial charge in [-0.3, -0.25) is 4.79 Å². The molecule has 2 atom stereocenters. The van der Waals surface area contributed by atoms with Crippen LogP contribution >= 0.6 is 0 Å². The summed E-state index contributed by atoms with van der Waals surface area (Å²) in [5, 5.41) is 15.9. The molecule has 2 aliphatic rings. The predicted molar refractivity (Wildman–Crippen MR) is 173 cm³/mol. The highest BCUT2D eigenvalue weighted by molar-refractivity contribution is 5.80. The first kappa shape index (κ1) is 34.6. The summed E-state index contributed by atoms with van der Waals surface area (Å²) in [6, 6.07) is 17.2. The van der Waals surface area contributed by atoms with Gasteiger partial charge in [0.25, 0.3) is 5.91 Å². The number of carboxylic acids is 1. The number of carbonyl (C=O) groups excluding carboxylic acids is 1. The van der Waals surface area contributed by atoms with Crippen molar-refractivity contribution in [3.8, 4) is 5.75 Å². The Balaban J connectivity index is 0.000000321. The Labute approximate surface area is 259 Å². The Bertz CT molecular complexity index is 1040. The highest BCUT2D eigenvalue weighted by Gasteiger charge is 2.20. The number of ether oxygens (including phenoxy) is 2. The summed E-state index contributed by atoms with van der Waals surface area (Å²) in [4.78, 5) is 23.5. The van der Waals surface area contributed by atoms with E-state index in [1.165, 1.54) is 75.3 Å². The van der Waals surface area contributed by atoms with E-state index in [1.54, 1.807) is 38.1 Å². The zero-order chi connectivity index (χ0) is 30.9. The Morgan fingerprint density at radius 3 is 1.86 bits per heavy atom. The van der Waals surface area contributed by atoms with Crippen LogP contribution in [-0.2, 0) is 33.6 Å². The third kappa shape index (κ3) is 13.1. The summed E-state index contributed by atoms with van der Waals surface area (Å²) in [5.74, 6) is -0.602. The molecule has 0 aliphatic heterocycles. The van der Waals surface area contributed by atoms with Gasteiger partial charge in [0.15, 0.2) is 12.2 Å². The largest absolute Gasteiger partial charge is 0.481 e. The lowest BCUT2D eigenvalue weighted by Crippen LogP contribution is -2.40. The highest BCUT2D eigenvalue weighted by atomic mass is 16.5. The van der Waals surface area contributed by atoms with Gasteiger partial charge in [-0.15, -0.1) is 0 Å². The number of carbonyl (C=O) groups is 2. The van der Waals surface area contributed by atoms with Gasteiger partial charge >= 0.3 is 5.97 Å². The van der Waals surface area contributed by atoms with E-state index in [0.29, 0.717) is 18.9 Å². The maximum Gasteiger partial charge on any atom is 0.333 e. The molecule has 0 heterocycles. The van der Waals surface area contributed by atoms with Gasteiger partial charge in [0, 0.05) is 31.7 Å². The highest BCUT2D eigenvalue weighted by Crippen LogP contribution is 2.22. The molecule has 43 heavy (non-hydrogen) atoms. The third-order valence-electron chi connectivity index (χ3n) is 8.50. The topological polar surface area (TPSA) is 96.9 Å². The molecule has 7 nitrogen and oxygen atoms in total. The molecule has 2 aromatic carbocycles. The lowest BCUT2D eigenvalue weighted by molar-refractivity contribution is -0.150. The molecule has 0 bridgehead atoms. The van der Waals surface area contributed by atoms with Crippen molar-refractivity contribution in [3.05, 3.63) is 65.2 Å². The Hall–Kier alpha value is -2.90. The third-order valence-corrected chi connectivity index (χ3v) is 8.50. The average Bonchev–Trinajstić information content (AvgIpc) is 3.03. The second-order valence-electron chi connectivity index (χ2n) is 11.9. The monoisotopic (exact) mass is 594 g/mol. The number of rotatable bonds is 14. The molecule has 0 radical (unpaired) electrons. The number of amides is 1. The van der Waals surface area contributed by atoms with Crippen LogP contribution in [0.5, 0.6) is 5.75 Å². The number of benzene rings is 2. The van der Waals surface area contributed by atoms with Gasteiger partial charge in [-0.25, -0.2) is 4.79 Å². The summed E-state index contributed by atoms with van der Waals surface area (Å²) < 4.78 is 10.9. The van der Waals surface area contributed by atoms with Gasteiger partial charge in [0.1, 0.15) is 5.75 Å². The van der Waals surface area contributed by atoms with E-state index in [1.807, 2.05) is 0 Å². The first-order valence-electron chi connectivity index (χ1n) is 16.6. The molecule has 2 aliphatic carbocycles. The standard InChI is InChI=1S/C24H31NO5.C12H23N/c1-4-18-6-8-19(9-7-18)14-15-25-23(26)17(3)30-21-12-10-20(11-13-21)16-22(24(27)28)29-5-2;1-3-7-11(8-4-1)13-12-9-5-2-6-10-12/h6-13,17,22H,4-5,14-16H2,1-3H3,(H,25,26)(H,27,28);11-13H,1-10H2/t17-,22+;/m1./s1. The van der Waals surface area contributed by atoms with E-state index in [0.717, 1.165) is 30.5 Å². The molecule has 3 N–H and O–H groups in total. The summed E-state index contributed by atoms with van der Waals surface area (Å²) in [5.41, 5.74) is 3.31. The van der Waals surface area contributed by atoms with Crippen molar-refractivity contribution in [2.75, 3.05) is 13.2 Å². The molecule has 7 heteroatoms. The van der Waals surface area contributed by atoms with E-state index in [4.69, 9.17) is 9.47 Å². The van der Waals surface area contributed by atoms with Gasteiger partial charge in [-0.1, -0.05) is 81.8 Å². The maximum absolute atomic E-state index is 12.3. The second-order valence-corrected chi connectivity index (χ2v) is 11.9. The molecule has 2 aromatic rings. The molecule has 4 rings (SSSR count). The van der Waals surface area contributed by atoms with Crippen LogP contribution in [0.25, 0.3) is 0 Å². The fourth-order valence-corrected chi connectivity index (χ4v) is 5.88. The molecule has 0 saturated heterocycles. The first-order valence-corrected chi connectivity index (χ1v) is 16.6. The van der Waals surface area contributed by atoms with Crippen LogP contribution in [0.15, 0.2) is 48.5 Å². The molecule has 0 spiro atoms. The van der Waals surface area contributed by atoms with E-state index < -0.39 is 18.2 Å². The molecule has 1 amide bonds. The van der Waals surface area contributed by atoms with Crippen LogP contribution in [0.3, 0.4) is 0 Å². The first-order chi connectivity index (χ1) is 20.9. The Morgan fingerprint density at radius 1 is 0.814 bits per heavy atom. The SMILES string of the molecule is C1CCC(NC2CCCCC2)CC1.CCO[C@@H](Cc1ccc(O[C@H](C)C(=O)NCCc2ccc(CC)cc2)cc1)C(=O)O. The van der Waals surface area contributed by atoms with E-state index in [2.05, 4.69) is 41.8 Å². The molecule has 238 valence electrons. The maximum atomic E-state index is 12.3. The van der Waals surface area contributed by atoms with Crippen molar-refractivity contribution in [3.63, 3.8) is 0 Å². The van der Waals surface area contributed by atoms with E-state index in [-0.39, 0.29) is 12.3 Å². The summed E-state index contributed by atoms with van der Waals surface area (Å²) in [6.45, 7) is 6.48. The molecule has 2 fully saturated rings. The average molecular weight is 595 g/mol. The van der Waals surface area contributed by atoms with Crippen molar-refractivity contribution in [2.45, 2.75) is 129 Å². The Kier molecular flexibility index (Phi) is 15.6. The molecule has 2 saturated carbocycles. The predicted octanol–water partition coefficient (Wildman–Crippen LogP) is 6.65. The number of aryl methyl sites for hydroxylation is 1. The molecule has 0 unspecified atom stereocenters. The number of hydrogen-bond donors (Lipinski definition) is 3. The minimum atomic E-state index is -0.983. The van der Waals surface area contributed by atoms with Crippen LogP contribution in [0.4, 0.5) is 0 Å².